The minimum Gasteiger partial charge on any atom is -0.396 e. The lowest BCUT2D eigenvalue weighted by atomic mass is 9.96. The molecule has 0 radical (unpaired) electrons. The van der Waals surface area contributed by atoms with Crippen LogP contribution in [-0.4, -0.2) is 48.3 Å². The van der Waals surface area contributed by atoms with E-state index in [4.69, 9.17) is 10.2 Å². The maximum atomic E-state index is 13.9. The Hall–Kier alpha value is -2.96. The number of rotatable bonds is 16. The van der Waals surface area contributed by atoms with Gasteiger partial charge in [-0.1, -0.05) is 87.8 Å². The van der Waals surface area contributed by atoms with Crippen LogP contribution in [0.5, 0.6) is 0 Å². The molecule has 2 aromatic rings. The van der Waals surface area contributed by atoms with Crippen LogP contribution < -0.4 is 9.80 Å². The van der Waals surface area contributed by atoms with Crippen molar-refractivity contribution in [3.05, 3.63) is 59.7 Å². The summed E-state index contributed by atoms with van der Waals surface area (Å²) < 4.78 is 0. The third-order valence-electron chi connectivity index (χ3n) is 7.68. The molecule has 38 heavy (non-hydrogen) atoms. The Labute approximate surface area is 227 Å². The Balaban J connectivity index is 1.50. The molecule has 0 aliphatic carbocycles. The fourth-order valence-corrected chi connectivity index (χ4v) is 5.66. The van der Waals surface area contributed by atoms with Crippen LogP contribution in [0.3, 0.4) is 0 Å². The van der Waals surface area contributed by atoms with Crippen molar-refractivity contribution in [2.24, 2.45) is 0 Å². The molecule has 0 saturated heterocycles. The van der Waals surface area contributed by atoms with E-state index < -0.39 is 0 Å². The molecule has 0 spiro atoms. The highest BCUT2D eigenvalue weighted by Gasteiger charge is 2.41. The molecule has 2 aliphatic heterocycles. The van der Waals surface area contributed by atoms with Gasteiger partial charge in [-0.3, -0.25) is 9.59 Å². The van der Waals surface area contributed by atoms with E-state index in [9.17, 15) is 9.59 Å². The monoisotopic (exact) mass is 518 g/mol. The first-order chi connectivity index (χ1) is 18.7. The van der Waals surface area contributed by atoms with Gasteiger partial charge >= 0.3 is 0 Å². The minimum atomic E-state index is -0.0737. The van der Waals surface area contributed by atoms with Gasteiger partial charge in [0.15, 0.2) is 0 Å². The molecule has 204 valence electrons. The van der Waals surface area contributed by atoms with Crippen molar-refractivity contribution in [2.75, 3.05) is 36.1 Å². The first kappa shape index (κ1) is 28.1. The lowest BCUT2D eigenvalue weighted by molar-refractivity contribution is -0.114. The Morgan fingerprint density at radius 3 is 1.21 bits per heavy atom. The van der Waals surface area contributed by atoms with Crippen LogP contribution in [0.2, 0.25) is 0 Å². The van der Waals surface area contributed by atoms with Crippen LogP contribution in [0.15, 0.2) is 48.5 Å². The van der Waals surface area contributed by atoms with Crippen LogP contribution in [0, 0.1) is 0 Å². The van der Waals surface area contributed by atoms with E-state index in [0.29, 0.717) is 24.2 Å². The van der Waals surface area contributed by atoms with Crippen LogP contribution in [0.25, 0.3) is 11.1 Å². The number of carbonyl (C=O) groups is 2. The van der Waals surface area contributed by atoms with E-state index in [-0.39, 0.29) is 25.0 Å². The smallest absolute Gasteiger partial charge is 0.259 e. The summed E-state index contributed by atoms with van der Waals surface area (Å²) in [6, 6.07) is 15.7. The predicted octanol–water partition coefficient (Wildman–Crippen LogP) is 5.96. The molecule has 0 saturated carbocycles. The summed E-state index contributed by atoms with van der Waals surface area (Å²) in [4.78, 5) is 31.4. The second-order valence-corrected chi connectivity index (χ2v) is 10.4. The third kappa shape index (κ3) is 6.36. The van der Waals surface area contributed by atoms with Gasteiger partial charge in [0.05, 0.1) is 22.5 Å². The normalized spacial score (nSPS) is 16.5. The number of carbonyl (C=O) groups excluding carboxylic acids is 2. The maximum absolute atomic E-state index is 13.9. The van der Waals surface area contributed by atoms with E-state index in [1.165, 1.54) is 0 Å². The number of hydrogen-bond donors (Lipinski definition) is 2. The number of para-hydroxylation sites is 2. The number of unbranched alkanes of at least 4 members (excludes halogenated alkanes) is 10. The highest BCUT2D eigenvalue weighted by Crippen LogP contribution is 2.46. The Morgan fingerprint density at radius 2 is 0.816 bits per heavy atom. The third-order valence-corrected chi connectivity index (χ3v) is 7.68. The summed E-state index contributed by atoms with van der Waals surface area (Å²) in [5.41, 5.74) is 4.56. The zero-order valence-electron chi connectivity index (χ0n) is 22.5. The van der Waals surface area contributed by atoms with Gasteiger partial charge in [0.2, 0.25) is 0 Å². The van der Waals surface area contributed by atoms with Gasteiger partial charge in [-0.15, -0.1) is 0 Å². The Morgan fingerprint density at radius 1 is 0.474 bits per heavy atom. The number of fused-ring (bicyclic) bond motifs is 2. The Kier molecular flexibility index (Phi) is 10.5. The lowest BCUT2D eigenvalue weighted by Crippen LogP contribution is -2.30. The molecule has 2 heterocycles. The highest BCUT2D eigenvalue weighted by atomic mass is 16.3. The van der Waals surface area contributed by atoms with Crippen LogP contribution in [0.4, 0.5) is 11.4 Å². The van der Waals surface area contributed by atoms with Gasteiger partial charge in [-0.05, 0) is 37.8 Å². The minimum absolute atomic E-state index is 0.0737. The molecule has 0 aromatic heterocycles. The lowest BCUT2D eigenvalue weighted by Gasteiger charge is -2.17. The van der Waals surface area contributed by atoms with E-state index in [0.717, 1.165) is 99.6 Å². The van der Waals surface area contributed by atoms with Gasteiger partial charge < -0.3 is 20.0 Å². The zero-order valence-corrected chi connectivity index (χ0v) is 22.5. The molecule has 0 bridgehead atoms. The summed E-state index contributed by atoms with van der Waals surface area (Å²) in [6.45, 7) is 1.79. The van der Waals surface area contributed by atoms with Crippen molar-refractivity contribution in [3.8, 4) is 0 Å². The molecule has 6 nitrogen and oxygen atoms in total. The van der Waals surface area contributed by atoms with Gasteiger partial charge in [0, 0.05) is 37.4 Å². The van der Waals surface area contributed by atoms with Crippen LogP contribution in [0.1, 0.15) is 88.2 Å². The maximum Gasteiger partial charge on any atom is 0.259 e. The summed E-state index contributed by atoms with van der Waals surface area (Å²) in [7, 11) is 0. The fourth-order valence-electron chi connectivity index (χ4n) is 5.66. The molecule has 0 fully saturated rings. The number of hydrogen-bond acceptors (Lipinski definition) is 4. The largest absolute Gasteiger partial charge is 0.396 e. The van der Waals surface area contributed by atoms with E-state index in [1.54, 1.807) is 0 Å². The summed E-state index contributed by atoms with van der Waals surface area (Å²) in [6.07, 6.45) is 12.1. The highest BCUT2D eigenvalue weighted by molar-refractivity contribution is 6.49. The molecule has 4 rings (SSSR count). The molecule has 2 N–H and O–H groups in total. The molecular weight excluding hydrogens is 476 g/mol. The van der Waals surface area contributed by atoms with Gasteiger partial charge in [-0.25, -0.2) is 0 Å². The summed E-state index contributed by atoms with van der Waals surface area (Å²) in [5.74, 6) is -0.147. The van der Waals surface area contributed by atoms with Crippen LogP contribution >= 0.6 is 0 Å². The van der Waals surface area contributed by atoms with E-state index in [2.05, 4.69) is 0 Å². The average Bonchev–Trinajstić information content (AvgIpc) is 3.37. The van der Waals surface area contributed by atoms with Crippen molar-refractivity contribution >= 4 is 34.3 Å². The predicted molar refractivity (Wildman–Crippen MR) is 154 cm³/mol. The molecule has 2 aliphatic rings. The van der Waals surface area contributed by atoms with Gasteiger partial charge in [0.25, 0.3) is 11.8 Å². The number of aliphatic hydroxyl groups is 2. The van der Waals surface area contributed by atoms with Crippen molar-refractivity contribution < 1.29 is 19.8 Å². The van der Waals surface area contributed by atoms with E-state index in [1.807, 2.05) is 58.3 Å². The topological polar surface area (TPSA) is 81.1 Å². The molecule has 2 amide bonds. The quantitative estimate of drug-likeness (QED) is 0.212. The number of anilines is 2. The van der Waals surface area contributed by atoms with Gasteiger partial charge in [-0.2, -0.15) is 0 Å². The summed E-state index contributed by atoms with van der Waals surface area (Å²) >= 11 is 0. The average molecular weight is 519 g/mol. The standard InChI is InChI=1S/C32H42N2O4/c35-23-15-7-3-1-5-13-21-33-27-19-11-9-17-25(27)29(31(33)37)30-26-18-10-12-20-28(26)34(32(30)38)22-14-6-2-4-8-16-24-36/h9-12,17-20,35-36H,1-8,13-16,21-24H2/b30-29+. The number of aliphatic hydroxyl groups excluding tert-OH is 2. The molecule has 6 heteroatoms. The van der Waals surface area contributed by atoms with Crippen LogP contribution in [-0.2, 0) is 9.59 Å². The van der Waals surface area contributed by atoms with Gasteiger partial charge in [0.1, 0.15) is 0 Å². The van der Waals surface area contributed by atoms with Crippen molar-refractivity contribution in [1.82, 2.24) is 0 Å². The first-order valence-electron chi connectivity index (χ1n) is 14.5. The molecule has 0 unspecified atom stereocenters. The number of nitrogens with zero attached hydrogens (tertiary/aromatic N) is 2. The second-order valence-electron chi connectivity index (χ2n) is 10.4. The van der Waals surface area contributed by atoms with E-state index >= 15 is 0 Å². The molecular formula is C32H42N2O4. The van der Waals surface area contributed by atoms with Crippen molar-refractivity contribution in [3.63, 3.8) is 0 Å². The Bertz CT molecular complexity index is 1040. The summed E-state index contributed by atoms with van der Waals surface area (Å²) in [5, 5.41) is 17.9. The fraction of sp³-hybridized carbons (Fsp3) is 0.500. The first-order valence-corrected chi connectivity index (χ1v) is 14.5. The van der Waals surface area contributed by atoms with Crippen molar-refractivity contribution in [2.45, 2.75) is 77.0 Å². The van der Waals surface area contributed by atoms with Crippen molar-refractivity contribution in [1.29, 1.82) is 0 Å². The molecule has 0 atom stereocenters. The number of amides is 2. The second kappa shape index (κ2) is 14.3. The number of benzene rings is 2. The molecule has 2 aromatic carbocycles. The SMILES string of the molecule is O=C1/C(=C2/C(=O)N(CCCCCCCCO)c3ccccc32)c2ccccc2N1CCCCCCCCO. The zero-order chi connectivity index (χ0) is 26.7.